The van der Waals surface area contributed by atoms with Gasteiger partial charge in [0.15, 0.2) is 0 Å². The molecule has 1 aliphatic rings. The lowest BCUT2D eigenvalue weighted by Crippen LogP contribution is -2.44. The average Bonchev–Trinajstić information content (AvgIpc) is 2.91. The van der Waals surface area contributed by atoms with Crippen molar-refractivity contribution in [2.45, 2.75) is 31.7 Å². The Hall–Kier alpha value is -1.40. The molecular weight excluding hydrogens is 242 g/mol. The first-order chi connectivity index (χ1) is 9.24. The molecule has 0 aromatic carbocycles. The van der Waals surface area contributed by atoms with Gasteiger partial charge in [0.25, 0.3) is 0 Å². The SMILES string of the molecule is NC1CCN(CC(=O)NCCCc2ncc[nH]2)CC1. The highest BCUT2D eigenvalue weighted by Gasteiger charge is 2.17. The van der Waals surface area contributed by atoms with Crippen molar-refractivity contribution in [1.82, 2.24) is 20.2 Å². The summed E-state index contributed by atoms with van der Waals surface area (Å²) in [6.07, 6.45) is 7.32. The number of amides is 1. The number of nitrogens with two attached hydrogens (primary N) is 1. The first-order valence-corrected chi connectivity index (χ1v) is 6.97. The van der Waals surface area contributed by atoms with Crippen LogP contribution in [0.2, 0.25) is 0 Å². The molecule has 0 aliphatic carbocycles. The number of H-pyrrole nitrogens is 1. The molecule has 2 heterocycles. The second kappa shape index (κ2) is 7.25. The molecular formula is C13H23N5O. The molecule has 6 heteroatoms. The number of carbonyl (C=O) groups excluding carboxylic acids is 1. The summed E-state index contributed by atoms with van der Waals surface area (Å²) in [4.78, 5) is 21.1. The van der Waals surface area contributed by atoms with Gasteiger partial charge in [0.2, 0.25) is 5.91 Å². The monoisotopic (exact) mass is 265 g/mol. The number of piperidine rings is 1. The summed E-state index contributed by atoms with van der Waals surface area (Å²) >= 11 is 0. The smallest absolute Gasteiger partial charge is 0.234 e. The Balaban J connectivity index is 1.54. The van der Waals surface area contributed by atoms with Crippen molar-refractivity contribution in [3.05, 3.63) is 18.2 Å². The third-order valence-corrected chi connectivity index (χ3v) is 3.47. The van der Waals surface area contributed by atoms with E-state index in [-0.39, 0.29) is 5.91 Å². The largest absolute Gasteiger partial charge is 0.355 e. The van der Waals surface area contributed by atoms with Gasteiger partial charge in [-0.25, -0.2) is 4.98 Å². The lowest BCUT2D eigenvalue weighted by molar-refractivity contribution is -0.122. The fraction of sp³-hybridized carbons (Fsp3) is 0.692. The van der Waals surface area contributed by atoms with E-state index in [4.69, 9.17) is 5.73 Å². The van der Waals surface area contributed by atoms with Gasteiger partial charge in [-0.05, 0) is 19.3 Å². The summed E-state index contributed by atoms with van der Waals surface area (Å²) < 4.78 is 0. The van der Waals surface area contributed by atoms with Crippen molar-refractivity contribution in [1.29, 1.82) is 0 Å². The molecule has 0 radical (unpaired) electrons. The van der Waals surface area contributed by atoms with Crippen molar-refractivity contribution in [3.8, 4) is 0 Å². The van der Waals surface area contributed by atoms with Gasteiger partial charge in [-0.3, -0.25) is 9.69 Å². The normalized spacial score (nSPS) is 17.5. The number of hydrogen-bond acceptors (Lipinski definition) is 4. The minimum atomic E-state index is 0.106. The highest BCUT2D eigenvalue weighted by molar-refractivity contribution is 5.77. The zero-order chi connectivity index (χ0) is 13.5. The molecule has 19 heavy (non-hydrogen) atoms. The average molecular weight is 265 g/mol. The number of nitrogens with one attached hydrogen (secondary N) is 2. The number of likely N-dealkylation sites (tertiary alicyclic amines) is 1. The van der Waals surface area contributed by atoms with Gasteiger partial charge >= 0.3 is 0 Å². The topological polar surface area (TPSA) is 87.0 Å². The summed E-state index contributed by atoms with van der Waals surface area (Å²) in [5.41, 5.74) is 5.84. The molecule has 0 spiro atoms. The standard InChI is InChI=1S/C13H23N5O/c14-11-3-8-18(9-4-11)10-13(19)17-5-1-2-12-15-6-7-16-12/h6-7,11H,1-5,8-10,14H2,(H,15,16)(H,17,19). The summed E-state index contributed by atoms with van der Waals surface area (Å²) in [6, 6.07) is 0.313. The fourth-order valence-electron chi connectivity index (χ4n) is 2.29. The number of nitrogens with zero attached hydrogens (tertiary/aromatic N) is 2. The maximum absolute atomic E-state index is 11.7. The minimum Gasteiger partial charge on any atom is -0.355 e. The van der Waals surface area contributed by atoms with E-state index in [0.29, 0.717) is 19.1 Å². The van der Waals surface area contributed by atoms with E-state index in [1.54, 1.807) is 6.20 Å². The molecule has 1 amide bonds. The van der Waals surface area contributed by atoms with Crippen molar-refractivity contribution in [2.24, 2.45) is 5.73 Å². The Kier molecular flexibility index (Phi) is 5.35. The quantitative estimate of drug-likeness (QED) is 0.626. The van der Waals surface area contributed by atoms with E-state index in [0.717, 1.165) is 44.6 Å². The molecule has 4 N–H and O–H groups in total. The summed E-state index contributed by atoms with van der Waals surface area (Å²) in [7, 11) is 0. The number of carbonyl (C=O) groups is 1. The van der Waals surface area contributed by atoms with Crippen LogP contribution in [0.4, 0.5) is 0 Å². The lowest BCUT2D eigenvalue weighted by Gasteiger charge is -2.29. The molecule has 1 saturated heterocycles. The van der Waals surface area contributed by atoms with Gasteiger partial charge in [-0.15, -0.1) is 0 Å². The molecule has 0 unspecified atom stereocenters. The van der Waals surface area contributed by atoms with Crippen LogP contribution in [0.25, 0.3) is 0 Å². The molecule has 1 fully saturated rings. The third-order valence-electron chi connectivity index (χ3n) is 3.47. The molecule has 0 bridgehead atoms. The van der Waals surface area contributed by atoms with Gasteiger partial charge in [0, 0.05) is 44.5 Å². The van der Waals surface area contributed by atoms with E-state index in [9.17, 15) is 4.79 Å². The maximum atomic E-state index is 11.7. The Morgan fingerprint density at radius 2 is 2.32 bits per heavy atom. The third kappa shape index (κ3) is 5.00. The highest BCUT2D eigenvalue weighted by Crippen LogP contribution is 2.07. The van der Waals surface area contributed by atoms with Gasteiger partial charge in [0.1, 0.15) is 5.82 Å². The molecule has 2 rings (SSSR count). The maximum Gasteiger partial charge on any atom is 0.234 e. The molecule has 6 nitrogen and oxygen atoms in total. The summed E-state index contributed by atoms with van der Waals surface area (Å²) in [5, 5.41) is 2.95. The lowest BCUT2D eigenvalue weighted by atomic mass is 10.1. The number of rotatable bonds is 6. The number of hydrogen-bond donors (Lipinski definition) is 3. The Labute approximate surface area is 113 Å². The van der Waals surface area contributed by atoms with E-state index in [1.165, 1.54) is 0 Å². The van der Waals surface area contributed by atoms with Crippen LogP contribution < -0.4 is 11.1 Å². The second-order valence-corrected chi connectivity index (χ2v) is 5.10. The van der Waals surface area contributed by atoms with Gasteiger partial charge in [0.05, 0.1) is 6.54 Å². The zero-order valence-corrected chi connectivity index (χ0v) is 11.3. The van der Waals surface area contributed by atoms with Crippen LogP contribution >= 0.6 is 0 Å². The van der Waals surface area contributed by atoms with Crippen LogP contribution in [0.3, 0.4) is 0 Å². The van der Waals surface area contributed by atoms with E-state index >= 15 is 0 Å². The minimum absolute atomic E-state index is 0.106. The summed E-state index contributed by atoms with van der Waals surface area (Å²) in [6.45, 7) is 3.06. The second-order valence-electron chi connectivity index (χ2n) is 5.10. The van der Waals surface area contributed by atoms with Gasteiger partial charge in [-0.2, -0.15) is 0 Å². The van der Waals surface area contributed by atoms with Crippen molar-refractivity contribution in [3.63, 3.8) is 0 Å². The number of aromatic nitrogens is 2. The summed E-state index contributed by atoms with van der Waals surface area (Å²) in [5.74, 6) is 1.08. The zero-order valence-electron chi connectivity index (χ0n) is 11.3. The van der Waals surface area contributed by atoms with Crippen LogP contribution in [0.5, 0.6) is 0 Å². The van der Waals surface area contributed by atoms with Gasteiger partial charge in [-0.1, -0.05) is 0 Å². The van der Waals surface area contributed by atoms with Crippen LogP contribution in [0, 0.1) is 0 Å². The number of imidazole rings is 1. The fourth-order valence-corrected chi connectivity index (χ4v) is 2.29. The molecule has 1 aromatic rings. The Morgan fingerprint density at radius 1 is 1.53 bits per heavy atom. The predicted octanol–water partition coefficient (Wildman–Crippen LogP) is -0.118. The van der Waals surface area contributed by atoms with Crippen LogP contribution in [-0.4, -0.2) is 53.0 Å². The molecule has 0 saturated carbocycles. The number of aromatic amines is 1. The van der Waals surface area contributed by atoms with E-state index in [1.807, 2.05) is 6.20 Å². The van der Waals surface area contributed by atoms with Crippen molar-refractivity contribution < 1.29 is 4.79 Å². The first-order valence-electron chi connectivity index (χ1n) is 6.97. The van der Waals surface area contributed by atoms with Crippen molar-refractivity contribution in [2.75, 3.05) is 26.2 Å². The Morgan fingerprint density at radius 3 is 3.00 bits per heavy atom. The predicted molar refractivity (Wildman–Crippen MR) is 73.6 cm³/mol. The Bertz CT molecular complexity index is 370. The van der Waals surface area contributed by atoms with E-state index in [2.05, 4.69) is 20.2 Å². The molecule has 0 atom stereocenters. The van der Waals surface area contributed by atoms with E-state index < -0.39 is 0 Å². The first kappa shape index (κ1) is 14.0. The highest BCUT2D eigenvalue weighted by atomic mass is 16.2. The molecule has 1 aliphatic heterocycles. The molecule has 106 valence electrons. The van der Waals surface area contributed by atoms with Gasteiger partial charge < -0.3 is 16.0 Å². The molecule has 1 aromatic heterocycles. The van der Waals surface area contributed by atoms with Crippen LogP contribution in [-0.2, 0) is 11.2 Å². The van der Waals surface area contributed by atoms with Crippen LogP contribution in [0.1, 0.15) is 25.1 Å². The van der Waals surface area contributed by atoms with Crippen molar-refractivity contribution >= 4 is 5.91 Å². The number of aryl methyl sites for hydroxylation is 1. The van der Waals surface area contributed by atoms with Crippen LogP contribution in [0.15, 0.2) is 12.4 Å².